The highest BCUT2D eigenvalue weighted by molar-refractivity contribution is 6.32. The van der Waals surface area contributed by atoms with Gasteiger partial charge in [0, 0.05) is 12.1 Å². The maximum Gasteiger partial charge on any atom is 0.315 e. The number of carbonyl (C=O) groups is 1. The number of rotatable bonds is 3. The number of carboxylic acids is 1. The molecule has 0 atom stereocenters. The molecule has 0 saturated carbocycles. The summed E-state index contributed by atoms with van der Waals surface area (Å²) in [7, 11) is 1.29. The number of hydrogen-bond acceptors (Lipinski definition) is 4. The van der Waals surface area contributed by atoms with Gasteiger partial charge in [0.05, 0.1) is 22.6 Å². The van der Waals surface area contributed by atoms with Crippen molar-refractivity contribution in [2.75, 3.05) is 7.11 Å². The van der Waals surface area contributed by atoms with Gasteiger partial charge < -0.3 is 9.84 Å². The summed E-state index contributed by atoms with van der Waals surface area (Å²) in [4.78, 5) is 20.4. The summed E-state index contributed by atoms with van der Waals surface area (Å²) in [6.45, 7) is 0. The number of methoxy groups -OCH3 is 1. The summed E-state index contributed by atoms with van der Waals surface area (Å²) >= 11 is 5.85. The van der Waals surface area contributed by atoms with E-state index in [1.807, 2.05) is 0 Å². The van der Waals surface area contributed by atoms with Crippen LogP contribution in [0.2, 0.25) is 5.02 Å². The largest absolute Gasteiger partial charge is 0.490 e. The molecule has 1 aromatic rings. The Hall–Kier alpha value is -2.26. The van der Waals surface area contributed by atoms with Gasteiger partial charge >= 0.3 is 11.7 Å². The molecule has 7 heteroatoms. The summed E-state index contributed by atoms with van der Waals surface area (Å²) in [5.74, 6) is 3.76. The molecule has 0 aromatic heterocycles. The molecule has 0 aliphatic carbocycles. The van der Waals surface area contributed by atoms with Crippen LogP contribution in [0.5, 0.6) is 5.75 Å². The second kappa shape index (κ2) is 5.89. The Morgan fingerprint density at radius 2 is 2.28 bits per heavy atom. The summed E-state index contributed by atoms with van der Waals surface area (Å²) in [6, 6.07) is 2.42. The molecule has 0 heterocycles. The highest BCUT2D eigenvalue weighted by atomic mass is 35.5. The molecule has 0 unspecified atom stereocenters. The van der Waals surface area contributed by atoms with E-state index >= 15 is 0 Å². The van der Waals surface area contributed by atoms with Crippen molar-refractivity contribution in [1.82, 2.24) is 0 Å². The number of carboxylic acid groups (broad SMARTS) is 1. The van der Waals surface area contributed by atoms with E-state index in [9.17, 15) is 14.9 Å². The van der Waals surface area contributed by atoms with E-state index in [1.165, 1.54) is 13.2 Å². The minimum atomic E-state index is -1.08. The molecule has 0 bridgehead atoms. The lowest BCUT2D eigenvalue weighted by Crippen LogP contribution is -1.95. The van der Waals surface area contributed by atoms with E-state index in [0.717, 1.165) is 6.07 Å². The van der Waals surface area contributed by atoms with Gasteiger partial charge in [0.2, 0.25) is 0 Å². The predicted molar refractivity (Wildman–Crippen MR) is 63.8 cm³/mol. The van der Waals surface area contributed by atoms with Gasteiger partial charge in [-0.05, 0) is 0 Å². The van der Waals surface area contributed by atoms with Gasteiger partial charge in [0.1, 0.15) is 6.42 Å². The predicted octanol–water partition coefficient (Wildman–Crippen LogP) is 2.08. The molecule has 0 amide bonds. The van der Waals surface area contributed by atoms with Gasteiger partial charge in [-0.25, -0.2) is 0 Å². The third kappa shape index (κ3) is 3.37. The van der Waals surface area contributed by atoms with Crippen molar-refractivity contribution in [3.05, 3.63) is 32.8 Å². The van der Waals surface area contributed by atoms with Gasteiger partial charge in [-0.2, -0.15) is 0 Å². The van der Waals surface area contributed by atoms with Crippen LogP contribution in [-0.2, 0) is 4.79 Å². The third-order valence-electron chi connectivity index (χ3n) is 1.93. The second-order valence-corrected chi connectivity index (χ2v) is 3.54. The molecule has 0 spiro atoms. The summed E-state index contributed by atoms with van der Waals surface area (Å²) in [5.41, 5.74) is -0.0908. The van der Waals surface area contributed by atoms with E-state index in [1.54, 1.807) is 0 Å². The normalized spacial score (nSPS) is 9.22. The van der Waals surface area contributed by atoms with Crippen molar-refractivity contribution in [3.63, 3.8) is 0 Å². The Balaban J connectivity index is 3.20. The van der Waals surface area contributed by atoms with E-state index in [0.29, 0.717) is 0 Å². The van der Waals surface area contributed by atoms with Crippen LogP contribution >= 0.6 is 11.6 Å². The number of nitro benzene ring substituents is 1. The Morgan fingerprint density at radius 1 is 1.61 bits per heavy atom. The molecule has 6 nitrogen and oxygen atoms in total. The van der Waals surface area contributed by atoms with E-state index < -0.39 is 10.9 Å². The first kappa shape index (κ1) is 13.8. The second-order valence-electron chi connectivity index (χ2n) is 3.13. The van der Waals surface area contributed by atoms with Crippen LogP contribution in [-0.4, -0.2) is 23.1 Å². The summed E-state index contributed by atoms with van der Waals surface area (Å²) in [5, 5.41) is 19.4. The highest BCUT2D eigenvalue weighted by Gasteiger charge is 2.17. The van der Waals surface area contributed by atoms with E-state index in [2.05, 4.69) is 11.8 Å². The molecule has 1 rings (SSSR count). The minimum absolute atomic E-state index is 0.0220. The van der Waals surface area contributed by atoms with Crippen molar-refractivity contribution in [3.8, 4) is 17.6 Å². The highest BCUT2D eigenvalue weighted by Crippen LogP contribution is 2.32. The first-order chi connectivity index (χ1) is 8.45. The molecule has 1 N–H and O–H groups in total. The van der Waals surface area contributed by atoms with Crippen LogP contribution in [0.1, 0.15) is 12.0 Å². The molecular formula is C11H8ClNO5. The topological polar surface area (TPSA) is 89.7 Å². The molecule has 18 heavy (non-hydrogen) atoms. The molecule has 0 radical (unpaired) electrons. The number of aliphatic carboxylic acids is 1. The van der Waals surface area contributed by atoms with Crippen LogP contribution in [0, 0.1) is 22.0 Å². The number of halogens is 1. The van der Waals surface area contributed by atoms with Crippen molar-refractivity contribution in [1.29, 1.82) is 0 Å². The van der Waals surface area contributed by atoms with E-state index in [-0.39, 0.29) is 28.4 Å². The van der Waals surface area contributed by atoms with E-state index in [4.69, 9.17) is 21.4 Å². The zero-order chi connectivity index (χ0) is 13.7. The Kier molecular flexibility index (Phi) is 4.52. The average molecular weight is 270 g/mol. The molecule has 1 aromatic carbocycles. The fourth-order valence-electron chi connectivity index (χ4n) is 1.16. The van der Waals surface area contributed by atoms with Crippen LogP contribution in [0.25, 0.3) is 0 Å². The first-order valence-electron chi connectivity index (χ1n) is 4.68. The van der Waals surface area contributed by atoms with Crippen LogP contribution in [0.4, 0.5) is 5.69 Å². The number of ether oxygens (including phenoxy) is 1. The standard InChI is InChI=1S/C11H8ClNO5/c1-18-10-6-8(12)7(3-2-4-11(14)15)5-9(10)13(16)17/h5-6H,4H2,1H3,(H,14,15). The van der Waals surface area contributed by atoms with Gasteiger partial charge in [-0.3, -0.25) is 14.9 Å². The maximum absolute atomic E-state index is 10.8. The van der Waals surface area contributed by atoms with Crippen molar-refractivity contribution in [2.45, 2.75) is 6.42 Å². The molecule has 94 valence electrons. The summed E-state index contributed by atoms with van der Waals surface area (Å²) < 4.78 is 4.82. The smallest absolute Gasteiger partial charge is 0.315 e. The van der Waals surface area contributed by atoms with Gasteiger partial charge in [-0.15, -0.1) is 0 Å². The van der Waals surface area contributed by atoms with Gasteiger partial charge in [-0.1, -0.05) is 23.4 Å². The molecule has 0 saturated heterocycles. The SMILES string of the molecule is COc1cc(Cl)c(C#CCC(=O)O)cc1[N+](=O)[O-]. The van der Waals surface area contributed by atoms with Gasteiger partial charge in [0.15, 0.2) is 5.75 Å². The maximum atomic E-state index is 10.8. The van der Waals surface area contributed by atoms with Crippen molar-refractivity contribution in [2.24, 2.45) is 0 Å². The van der Waals surface area contributed by atoms with Crippen molar-refractivity contribution < 1.29 is 19.6 Å². The molecule has 0 fully saturated rings. The molecule has 0 aliphatic heterocycles. The van der Waals surface area contributed by atoms with Crippen LogP contribution in [0.15, 0.2) is 12.1 Å². The quantitative estimate of drug-likeness (QED) is 0.515. The zero-order valence-corrected chi connectivity index (χ0v) is 10.0. The number of benzene rings is 1. The van der Waals surface area contributed by atoms with Gasteiger partial charge in [0.25, 0.3) is 0 Å². The first-order valence-corrected chi connectivity index (χ1v) is 5.06. The number of hydrogen-bond donors (Lipinski definition) is 1. The number of nitrogens with zero attached hydrogens (tertiary/aromatic N) is 1. The lowest BCUT2D eigenvalue weighted by Gasteiger charge is -2.03. The monoisotopic (exact) mass is 269 g/mol. The third-order valence-corrected chi connectivity index (χ3v) is 2.24. The molecule has 0 aliphatic rings. The Labute approximate surface area is 107 Å². The average Bonchev–Trinajstić information content (AvgIpc) is 2.29. The van der Waals surface area contributed by atoms with Crippen LogP contribution < -0.4 is 4.74 Å². The Morgan fingerprint density at radius 3 is 2.78 bits per heavy atom. The lowest BCUT2D eigenvalue weighted by molar-refractivity contribution is -0.385. The van der Waals surface area contributed by atoms with Crippen LogP contribution in [0.3, 0.4) is 0 Å². The van der Waals surface area contributed by atoms with Crippen molar-refractivity contribution >= 4 is 23.3 Å². The fraction of sp³-hybridized carbons (Fsp3) is 0.182. The lowest BCUT2D eigenvalue weighted by atomic mass is 10.2. The minimum Gasteiger partial charge on any atom is -0.490 e. The summed E-state index contributed by atoms with van der Waals surface area (Å²) in [6.07, 6.45) is -0.365. The molecular weight excluding hydrogens is 262 g/mol. The number of nitro groups is 1. The Bertz CT molecular complexity index is 559. The zero-order valence-electron chi connectivity index (χ0n) is 9.27. The fourth-order valence-corrected chi connectivity index (χ4v) is 1.36.